The number of nitro benzene ring substituents is 1. The third-order valence-corrected chi connectivity index (χ3v) is 7.92. The van der Waals surface area contributed by atoms with E-state index in [1.54, 1.807) is 9.80 Å². The molecule has 3 aliphatic rings. The van der Waals surface area contributed by atoms with Gasteiger partial charge in [-0.3, -0.25) is 19.7 Å². The molecule has 1 aromatic rings. The lowest BCUT2D eigenvalue weighted by Gasteiger charge is -2.36. The van der Waals surface area contributed by atoms with Gasteiger partial charge in [-0.05, 0) is 31.7 Å². The number of rotatable bonds is 5. The number of hydrogen-bond acceptors (Lipinski definition) is 6. The summed E-state index contributed by atoms with van der Waals surface area (Å²) in [5.74, 6) is -0.0188. The predicted octanol–water partition coefficient (Wildman–Crippen LogP) is 0.829. The minimum atomic E-state index is -4.04. The molecule has 3 fully saturated rings. The fourth-order valence-corrected chi connectivity index (χ4v) is 5.76. The van der Waals surface area contributed by atoms with E-state index in [2.05, 4.69) is 0 Å². The SMILES string of the molecule is O=C(C1CCCN1C(=O)C1CC1)N1CCN(S(=O)(=O)c2ccccc2[N+](=O)[O-])CC1. The number of nitro groups is 1. The number of nitrogens with zero attached hydrogens (tertiary/aromatic N) is 4. The summed E-state index contributed by atoms with van der Waals surface area (Å²) in [5.41, 5.74) is -0.462. The number of likely N-dealkylation sites (tertiary alicyclic amines) is 1. The van der Waals surface area contributed by atoms with Crippen LogP contribution < -0.4 is 0 Å². The molecule has 0 N–H and O–H groups in total. The largest absolute Gasteiger partial charge is 0.338 e. The fourth-order valence-electron chi connectivity index (χ4n) is 4.18. The lowest BCUT2D eigenvalue weighted by Crippen LogP contribution is -2.55. The second-order valence-corrected chi connectivity index (χ2v) is 9.82. The number of carbonyl (C=O) groups is 2. The van der Waals surface area contributed by atoms with Crippen LogP contribution in [0.25, 0.3) is 0 Å². The number of sulfonamides is 1. The molecule has 4 rings (SSSR count). The Morgan fingerprint density at radius 1 is 0.967 bits per heavy atom. The van der Waals surface area contributed by atoms with Gasteiger partial charge in [0.2, 0.25) is 21.8 Å². The number of piperazine rings is 1. The molecule has 2 aliphatic heterocycles. The van der Waals surface area contributed by atoms with Crippen molar-refractivity contribution in [2.24, 2.45) is 5.92 Å². The molecule has 2 saturated heterocycles. The van der Waals surface area contributed by atoms with Crippen molar-refractivity contribution in [3.8, 4) is 0 Å². The second kappa shape index (κ2) is 7.95. The van der Waals surface area contributed by atoms with Crippen LogP contribution in [-0.2, 0) is 19.6 Å². The molecule has 10 nitrogen and oxygen atoms in total. The van der Waals surface area contributed by atoms with E-state index in [0.29, 0.717) is 13.0 Å². The Morgan fingerprint density at radius 2 is 1.63 bits per heavy atom. The molecule has 11 heteroatoms. The minimum Gasteiger partial charge on any atom is -0.338 e. The van der Waals surface area contributed by atoms with Gasteiger partial charge < -0.3 is 9.80 Å². The van der Waals surface area contributed by atoms with Crippen LogP contribution in [0.3, 0.4) is 0 Å². The predicted molar refractivity (Wildman–Crippen MR) is 106 cm³/mol. The molecule has 1 aromatic carbocycles. The molecule has 0 aromatic heterocycles. The van der Waals surface area contributed by atoms with Gasteiger partial charge >= 0.3 is 0 Å². The van der Waals surface area contributed by atoms with Gasteiger partial charge in [0.25, 0.3) is 5.69 Å². The van der Waals surface area contributed by atoms with E-state index >= 15 is 0 Å². The normalized spacial score (nSPS) is 22.9. The zero-order chi connectivity index (χ0) is 21.5. The molecule has 30 heavy (non-hydrogen) atoms. The first kappa shape index (κ1) is 20.7. The van der Waals surface area contributed by atoms with Crippen molar-refractivity contribution in [1.82, 2.24) is 14.1 Å². The number of amides is 2. The summed E-state index contributed by atoms with van der Waals surface area (Å²) in [6.45, 7) is 1.10. The first-order chi connectivity index (χ1) is 14.3. The molecule has 2 heterocycles. The quantitative estimate of drug-likeness (QED) is 0.498. The molecule has 0 radical (unpaired) electrons. The number of benzene rings is 1. The van der Waals surface area contributed by atoms with Gasteiger partial charge in [-0.1, -0.05) is 12.1 Å². The van der Waals surface area contributed by atoms with Crippen LogP contribution in [0.1, 0.15) is 25.7 Å². The van der Waals surface area contributed by atoms with Crippen molar-refractivity contribution in [2.75, 3.05) is 32.7 Å². The summed E-state index contributed by atoms with van der Waals surface area (Å²) in [7, 11) is -4.04. The van der Waals surface area contributed by atoms with Crippen LogP contribution in [0.15, 0.2) is 29.2 Å². The van der Waals surface area contributed by atoms with Gasteiger partial charge in [0.15, 0.2) is 4.90 Å². The summed E-state index contributed by atoms with van der Waals surface area (Å²) in [5, 5.41) is 11.2. The topological polar surface area (TPSA) is 121 Å². The Bertz CT molecular complexity index is 969. The highest BCUT2D eigenvalue weighted by molar-refractivity contribution is 7.89. The fraction of sp³-hybridized carbons (Fsp3) is 0.579. The Morgan fingerprint density at radius 3 is 2.27 bits per heavy atom. The van der Waals surface area contributed by atoms with Crippen LogP contribution in [0.4, 0.5) is 5.69 Å². The zero-order valence-electron chi connectivity index (χ0n) is 16.5. The van der Waals surface area contributed by atoms with Crippen molar-refractivity contribution in [2.45, 2.75) is 36.6 Å². The maximum atomic E-state index is 13.0. The molecule has 0 bridgehead atoms. The third kappa shape index (κ3) is 3.79. The number of para-hydroxylation sites is 1. The lowest BCUT2D eigenvalue weighted by atomic mass is 10.1. The Kier molecular flexibility index (Phi) is 5.49. The minimum absolute atomic E-state index is 0.0575. The summed E-state index contributed by atoms with van der Waals surface area (Å²) >= 11 is 0. The van der Waals surface area contributed by atoms with Gasteiger partial charge in [0.05, 0.1) is 4.92 Å². The van der Waals surface area contributed by atoms with Crippen LogP contribution in [-0.4, -0.2) is 78.0 Å². The van der Waals surface area contributed by atoms with E-state index in [1.165, 1.54) is 22.5 Å². The molecule has 162 valence electrons. The molecule has 0 spiro atoms. The van der Waals surface area contributed by atoms with Crippen molar-refractivity contribution < 1.29 is 22.9 Å². The van der Waals surface area contributed by atoms with Gasteiger partial charge in [-0.25, -0.2) is 8.42 Å². The van der Waals surface area contributed by atoms with E-state index in [0.717, 1.165) is 25.3 Å². The smallest absolute Gasteiger partial charge is 0.289 e. The second-order valence-electron chi connectivity index (χ2n) is 7.92. The summed E-state index contributed by atoms with van der Waals surface area (Å²) < 4.78 is 27.0. The third-order valence-electron chi connectivity index (χ3n) is 5.98. The van der Waals surface area contributed by atoms with Crippen molar-refractivity contribution in [3.63, 3.8) is 0 Å². The standard InChI is InChI=1S/C19H24N4O6S/c24-18(14-7-8-14)22-9-3-5-16(22)19(25)20-10-12-21(13-11-20)30(28,29)17-6-2-1-4-15(17)23(26)27/h1-2,4,6,14,16H,3,5,7-13H2. The van der Waals surface area contributed by atoms with Crippen molar-refractivity contribution in [3.05, 3.63) is 34.4 Å². The molecule has 1 aliphatic carbocycles. The van der Waals surface area contributed by atoms with Gasteiger partial charge in [-0.15, -0.1) is 0 Å². The van der Waals surface area contributed by atoms with Crippen LogP contribution in [0.5, 0.6) is 0 Å². The van der Waals surface area contributed by atoms with Crippen LogP contribution in [0.2, 0.25) is 0 Å². The summed E-state index contributed by atoms with van der Waals surface area (Å²) in [6, 6.07) is 4.80. The van der Waals surface area contributed by atoms with E-state index in [1.807, 2.05) is 0 Å². The summed E-state index contributed by atoms with van der Waals surface area (Å²) in [6.07, 6.45) is 3.20. The molecular formula is C19H24N4O6S. The van der Waals surface area contributed by atoms with E-state index < -0.39 is 26.7 Å². The average Bonchev–Trinajstić information content (AvgIpc) is 3.49. The Balaban J connectivity index is 1.43. The first-order valence-corrected chi connectivity index (χ1v) is 11.6. The van der Waals surface area contributed by atoms with E-state index in [-0.39, 0.29) is 48.8 Å². The first-order valence-electron chi connectivity index (χ1n) is 10.1. The zero-order valence-corrected chi connectivity index (χ0v) is 17.3. The Hall–Kier alpha value is -2.53. The average molecular weight is 436 g/mol. The van der Waals surface area contributed by atoms with Crippen molar-refractivity contribution >= 4 is 27.5 Å². The molecule has 1 atom stereocenters. The number of hydrogen-bond donors (Lipinski definition) is 0. The lowest BCUT2D eigenvalue weighted by molar-refractivity contribution is -0.387. The highest BCUT2D eigenvalue weighted by Gasteiger charge is 2.43. The monoisotopic (exact) mass is 436 g/mol. The molecule has 1 saturated carbocycles. The van der Waals surface area contributed by atoms with E-state index in [4.69, 9.17) is 0 Å². The van der Waals surface area contributed by atoms with Crippen molar-refractivity contribution in [1.29, 1.82) is 0 Å². The maximum absolute atomic E-state index is 13.0. The van der Waals surface area contributed by atoms with Crippen LogP contribution >= 0.6 is 0 Å². The Labute approximate surface area is 174 Å². The molecule has 1 unspecified atom stereocenters. The number of carbonyl (C=O) groups excluding carboxylic acids is 2. The molecule has 2 amide bonds. The highest BCUT2D eigenvalue weighted by atomic mass is 32.2. The summed E-state index contributed by atoms with van der Waals surface area (Å²) in [4.78, 5) is 38.9. The van der Waals surface area contributed by atoms with Crippen LogP contribution in [0, 0.1) is 16.0 Å². The van der Waals surface area contributed by atoms with Gasteiger partial charge in [-0.2, -0.15) is 4.31 Å². The molecular weight excluding hydrogens is 412 g/mol. The van der Waals surface area contributed by atoms with Gasteiger partial charge in [0.1, 0.15) is 6.04 Å². The van der Waals surface area contributed by atoms with E-state index in [9.17, 15) is 28.1 Å². The highest BCUT2D eigenvalue weighted by Crippen LogP contribution is 2.34. The van der Waals surface area contributed by atoms with Gasteiger partial charge in [0, 0.05) is 44.7 Å². The maximum Gasteiger partial charge on any atom is 0.289 e.